The highest BCUT2D eigenvalue weighted by atomic mass is 79.9. The summed E-state index contributed by atoms with van der Waals surface area (Å²) in [7, 11) is 0. The van der Waals surface area contributed by atoms with Gasteiger partial charge in [-0.2, -0.15) is 0 Å². The fourth-order valence-corrected chi connectivity index (χ4v) is 2.56. The Morgan fingerprint density at radius 3 is 2.79 bits per heavy atom. The number of nitrogens with one attached hydrogen (secondary N) is 2. The number of hydrogen-bond donors (Lipinski definition) is 2. The van der Waals surface area contributed by atoms with Gasteiger partial charge in [-0.25, -0.2) is 9.97 Å². The van der Waals surface area contributed by atoms with Crippen LogP contribution in [0.15, 0.2) is 57.9 Å². The molecule has 0 saturated carbocycles. The molecule has 3 rings (SSSR count). The Bertz CT molecular complexity index is 832. The van der Waals surface area contributed by atoms with Gasteiger partial charge in [0.05, 0.1) is 25.2 Å². The van der Waals surface area contributed by atoms with Gasteiger partial charge in [-0.05, 0) is 42.8 Å². The number of aromatic nitrogens is 2. The Labute approximate surface area is 147 Å². The van der Waals surface area contributed by atoms with Gasteiger partial charge in [0, 0.05) is 10.2 Å². The normalized spacial score (nSPS) is 10.4. The molecule has 24 heavy (non-hydrogen) atoms. The van der Waals surface area contributed by atoms with Crippen molar-refractivity contribution in [3.8, 4) is 0 Å². The smallest absolute Gasteiger partial charge is 0.271 e. The minimum atomic E-state index is -0.301. The third-order valence-electron chi connectivity index (χ3n) is 3.34. The maximum atomic E-state index is 12.0. The zero-order valence-electron chi connectivity index (χ0n) is 12.9. The lowest BCUT2D eigenvalue weighted by Crippen LogP contribution is -2.23. The first kappa shape index (κ1) is 16.2. The first-order chi connectivity index (χ1) is 11.6. The first-order valence-corrected chi connectivity index (χ1v) is 8.07. The van der Waals surface area contributed by atoms with Crippen LogP contribution in [0.25, 0.3) is 0 Å². The molecule has 2 aromatic heterocycles. The Hall–Kier alpha value is -2.67. The molecule has 0 spiro atoms. The fraction of sp³-hybridized carbons (Fsp3) is 0.118. The number of amides is 1. The summed E-state index contributed by atoms with van der Waals surface area (Å²) in [4.78, 5) is 20.4. The zero-order chi connectivity index (χ0) is 16.9. The summed E-state index contributed by atoms with van der Waals surface area (Å²) in [5.41, 5.74) is 2.26. The molecule has 0 saturated heterocycles. The highest BCUT2D eigenvalue weighted by molar-refractivity contribution is 9.10. The maximum Gasteiger partial charge on any atom is 0.271 e. The van der Waals surface area contributed by atoms with Crippen molar-refractivity contribution in [3.05, 3.63) is 70.5 Å². The summed E-state index contributed by atoms with van der Waals surface area (Å²) < 4.78 is 6.17. The van der Waals surface area contributed by atoms with E-state index in [1.165, 1.54) is 12.4 Å². The van der Waals surface area contributed by atoms with Crippen LogP contribution in [0.2, 0.25) is 0 Å². The van der Waals surface area contributed by atoms with Crippen LogP contribution in [-0.2, 0) is 6.54 Å². The van der Waals surface area contributed by atoms with E-state index in [0.29, 0.717) is 18.1 Å². The first-order valence-electron chi connectivity index (χ1n) is 7.27. The van der Waals surface area contributed by atoms with Gasteiger partial charge in [0.15, 0.2) is 0 Å². The van der Waals surface area contributed by atoms with Crippen LogP contribution in [0.5, 0.6) is 0 Å². The van der Waals surface area contributed by atoms with Crippen LogP contribution >= 0.6 is 15.9 Å². The highest BCUT2D eigenvalue weighted by Crippen LogP contribution is 2.22. The lowest BCUT2D eigenvalue weighted by atomic mass is 10.2. The molecule has 122 valence electrons. The Balaban J connectivity index is 1.63. The summed E-state index contributed by atoms with van der Waals surface area (Å²) in [5.74, 6) is 0.952. The van der Waals surface area contributed by atoms with Gasteiger partial charge < -0.3 is 15.1 Å². The molecule has 0 radical (unpaired) electrons. The second-order valence-corrected chi connectivity index (χ2v) is 6.05. The molecule has 0 aliphatic carbocycles. The van der Waals surface area contributed by atoms with Crippen molar-refractivity contribution >= 4 is 33.3 Å². The average Bonchev–Trinajstić information content (AvgIpc) is 3.09. The Morgan fingerprint density at radius 1 is 1.25 bits per heavy atom. The Morgan fingerprint density at radius 2 is 2.12 bits per heavy atom. The number of halogens is 1. The van der Waals surface area contributed by atoms with E-state index >= 15 is 0 Å². The van der Waals surface area contributed by atoms with E-state index in [4.69, 9.17) is 4.42 Å². The van der Waals surface area contributed by atoms with Crippen LogP contribution in [0.3, 0.4) is 0 Å². The third kappa shape index (κ3) is 3.99. The summed E-state index contributed by atoms with van der Waals surface area (Å²) in [5, 5.41) is 5.90. The minimum absolute atomic E-state index is 0.250. The van der Waals surface area contributed by atoms with E-state index in [1.807, 2.05) is 25.1 Å². The molecule has 0 bridgehead atoms. The number of aryl methyl sites for hydroxylation is 1. The molecule has 2 heterocycles. The summed E-state index contributed by atoms with van der Waals surface area (Å²) in [6, 6.07) is 9.46. The van der Waals surface area contributed by atoms with E-state index in [0.717, 1.165) is 15.7 Å². The van der Waals surface area contributed by atoms with Gasteiger partial charge in [-0.3, -0.25) is 4.79 Å². The van der Waals surface area contributed by atoms with Crippen LogP contribution < -0.4 is 10.6 Å². The van der Waals surface area contributed by atoms with Crippen molar-refractivity contribution in [2.24, 2.45) is 0 Å². The van der Waals surface area contributed by atoms with Crippen LogP contribution in [0.1, 0.15) is 21.8 Å². The average molecular weight is 387 g/mol. The van der Waals surface area contributed by atoms with Gasteiger partial charge in [-0.1, -0.05) is 15.9 Å². The van der Waals surface area contributed by atoms with Crippen molar-refractivity contribution in [2.75, 3.05) is 5.32 Å². The molecular weight excluding hydrogens is 372 g/mol. The summed E-state index contributed by atoms with van der Waals surface area (Å²) in [6.07, 6.45) is 4.53. The SMILES string of the molecule is Cc1cc(Br)ccc1Nc1cnc(C(=O)NCc2ccco2)cn1. The number of carbonyl (C=O) groups excluding carboxylic acids is 1. The highest BCUT2D eigenvalue weighted by Gasteiger charge is 2.09. The van der Waals surface area contributed by atoms with Crippen molar-refractivity contribution in [1.82, 2.24) is 15.3 Å². The Kier molecular flexibility index (Phi) is 4.90. The summed E-state index contributed by atoms with van der Waals surface area (Å²) in [6.45, 7) is 2.31. The molecule has 0 fully saturated rings. The lowest BCUT2D eigenvalue weighted by Gasteiger charge is -2.09. The third-order valence-corrected chi connectivity index (χ3v) is 3.83. The monoisotopic (exact) mass is 386 g/mol. The van der Waals surface area contributed by atoms with Gasteiger partial charge >= 0.3 is 0 Å². The van der Waals surface area contributed by atoms with Gasteiger partial charge in [0.1, 0.15) is 17.3 Å². The quantitative estimate of drug-likeness (QED) is 0.696. The largest absolute Gasteiger partial charge is 0.467 e. The maximum absolute atomic E-state index is 12.0. The zero-order valence-corrected chi connectivity index (χ0v) is 14.5. The number of carbonyl (C=O) groups is 1. The van der Waals surface area contributed by atoms with E-state index in [1.54, 1.807) is 18.4 Å². The topological polar surface area (TPSA) is 80.0 Å². The number of benzene rings is 1. The number of hydrogen-bond acceptors (Lipinski definition) is 5. The summed E-state index contributed by atoms with van der Waals surface area (Å²) >= 11 is 3.43. The van der Waals surface area contributed by atoms with Crippen LogP contribution in [-0.4, -0.2) is 15.9 Å². The predicted octanol–water partition coefficient (Wildman–Crippen LogP) is 3.81. The van der Waals surface area contributed by atoms with Crippen LogP contribution in [0.4, 0.5) is 11.5 Å². The molecule has 0 unspecified atom stereocenters. The van der Waals surface area contributed by atoms with Gasteiger partial charge in [0.25, 0.3) is 5.91 Å². The molecule has 0 aliphatic heterocycles. The number of nitrogens with zero attached hydrogens (tertiary/aromatic N) is 2. The molecule has 0 aliphatic rings. The van der Waals surface area contributed by atoms with E-state index in [9.17, 15) is 4.79 Å². The van der Waals surface area contributed by atoms with E-state index < -0.39 is 0 Å². The van der Waals surface area contributed by atoms with Crippen molar-refractivity contribution in [2.45, 2.75) is 13.5 Å². The molecule has 3 aromatic rings. The van der Waals surface area contributed by atoms with E-state index in [2.05, 4.69) is 36.5 Å². The van der Waals surface area contributed by atoms with Crippen LogP contribution in [0, 0.1) is 6.92 Å². The second kappa shape index (κ2) is 7.27. The van der Waals surface area contributed by atoms with Crippen molar-refractivity contribution in [3.63, 3.8) is 0 Å². The number of furan rings is 1. The molecular formula is C17H15BrN4O2. The van der Waals surface area contributed by atoms with Gasteiger partial charge in [-0.15, -0.1) is 0 Å². The number of anilines is 2. The standard InChI is InChI=1S/C17H15BrN4O2/c1-11-7-12(18)4-5-14(11)22-16-10-19-15(9-20-16)17(23)21-8-13-3-2-6-24-13/h2-7,9-10H,8H2,1H3,(H,20,22)(H,21,23). The molecule has 1 amide bonds. The minimum Gasteiger partial charge on any atom is -0.467 e. The lowest BCUT2D eigenvalue weighted by molar-refractivity contribution is 0.0942. The van der Waals surface area contributed by atoms with Gasteiger partial charge in [0.2, 0.25) is 0 Å². The fourth-order valence-electron chi connectivity index (χ4n) is 2.09. The molecule has 2 N–H and O–H groups in total. The molecule has 6 nitrogen and oxygen atoms in total. The number of rotatable bonds is 5. The molecule has 0 atom stereocenters. The van der Waals surface area contributed by atoms with Crippen molar-refractivity contribution in [1.29, 1.82) is 0 Å². The second-order valence-electron chi connectivity index (χ2n) is 5.13. The van der Waals surface area contributed by atoms with Crippen molar-refractivity contribution < 1.29 is 9.21 Å². The molecule has 7 heteroatoms. The molecule has 1 aromatic carbocycles. The predicted molar refractivity (Wildman–Crippen MR) is 94.1 cm³/mol. The van der Waals surface area contributed by atoms with E-state index in [-0.39, 0.29) is 11.6 Å².